The molecular formula is C25H19ClN2O3. The maximum Gasteiger partial charge on any atom is 0.260 e. The molecule has 0 aliphatic carbocycles. The molecule has 0 saturated carbocycles. The zero-order valence-electron chi connectivity index (χ0n) is 16.8. The highest BCUT2D eigenvalue weighted by molar-refractivity contribution is 6.31. The molecule has 0 atom stereocenters. The summed E-state index contributed by atoms with van der Waals surface area (Å²) in [6, 6.07) is 16.4. The van der Waals surface area contributed by atoms with Crippen molar-refractivity contribution in [2.45, 2.75) is 6.61 Å². The van der Waals surface area contributed by atoms with Crippen LogP contribution < -0.4 is 5.56 Å². The summed E-state index contributed by atoms with van der Waals surface area (Å²) < 4.78 is 5.12. The van der Waals surface area contributed by atoms with E-state index < -0.39 is 11.3 Å². The van der Waals surface area contributed by atoms with Gasteiger partial charge in [-0.05, 0) is 53.1 Å². The number of halogens is 1. The van der Waals surface area contributed by atoms with Crippen molar-refractivity contribution in [3.05, 3.63) is 105 Å². The number of H-pyrrole nitrogens is 1. The van der Waals surface area contributed by atoms with E-state index in [1.165, 1.54) is 6.08 Å². The monoisotopic (exact) mass is 430 g/mol. The molecule has 0 radical (unpaired) electrons. The second-order valence-corrected chi connectivity index (χ2v) is 7.45. The number of rotatable bonds is 6. The smallest absolute Gasteiger partial charge is 0.260 e. The fourth-order valence-electron chi connectivity index (χ4n) is 3.50. The molecule has 0 fully saturated rings. The quantitative estimate of drug-likeness (QED) is 0.333. The summed E-state index contributed by atoms with van der Waals surface area (Å²) >= 11 is 6.22. The number of hydrogen-bond acceptors (Lipinski definition) is 4. The second-order valence-electron chi connectivity index (χ2n) is 7.02. The first kappa shape index (κ1) is 20.7. The third-order valence-corrected chi connectivity index (χ3v) is 5.07. The van der Waals surface area contributed by atoms with Gasteiger partial charge in [-0.1, -0.05) is 41.9 Å². The molecule has 0 spiro atoms. The van der Waals surface area contributed by atoms with Crippen molar-refractivity contribution >= 4 is 34.4 Å². The number of nitrogens with one attached hydrogen (secondary N) is 1. The zero-order valence-corrected chi connectivity index (χ0v) is 17.5. The number of aromatic nitrogens is 2. The van der Waals surface area contributed by atoms with E-state index in [1.807, 2.05) is 36.4 Å². The molecule has 0 saturated heterocycles. The summed E-state index contributed by atoms with van der Waals surface area (Å²) in [6.45, 7) is 0.423. The molecule has 5 nitrogen and oxygen atoms in total. The lowest BCUT2D eigenvalue weighted by atomic mass is 9.94. The average molecular weight is 431 g/mol. The van der Waals surface area contributed by atoms with Crippen molar-refractivity contribution < 1.29 is 9.53 Å². The fraction of sp³-hybridized carbons (Fsp3) is 0.0800. The highest BCUT2D eigenvalue weighted by Crippen LogP contribution is 2.31. The van der Waals surface area contributed by atoms with Crippen molar-refractivity contribution in [1.82, 2.24) is 9.97 Å². The molecule has 31 heavy (non-hydrogen) atoms. The number of carbonyl (C=O) groups is 1. The van der Waals surface area contributed by atoms with Gasteiger partial charge in [-0.25, -0.2) is 0 Å². The van der Waals surface area contributed by atoms with E-state index in [2.05, 4.69) is 9.97 Å². The number of allylic oxidation sites excluding steroid dienone is 1. The van der Waals surface area contributed by atoms with Gasteiger partial charge in [0.15, 0.2) is 5.78 Å². The van der Waals surface area contributed by atoms with Crippen LogP contribution in [-0.2, 0) is 11.3 Å². The van der Waals surface area contributed by atoms with E-state index in [0.29, 0.717) is 28.1 Å². The Morgan fingerprint density at radius 2 is 1.94 bits per heavy atom. The van der Waals surface area contributed by atoms with Crippen molar-refractivity contribution in [1.29, 1.82) is 0 Å². The number of fused-ring (bicyclic) bond motifs is 1. The number of ether oxygens (including phenoxy) is 1. The van der Waals surface area contributed by atoms with E-state index >= 15 is 0 Å². The summed E-state index contributed by atoms with van der Waals surface area (Å²) in [5, 5.41) is 1.23. The van der Waals surface area contributed by atoms with Gasteiger partial charge in [0.25, 0.3) is 5.56 Å². The zero-order chi connectivity index (χ0) is 21.8. The van der Waals surface area contributed by atoms with Crippen LogP contribution in [0.3, 0.4) is 0 Å². The summed E-state index contributed by atoms with van der Waals surface area (Å²) in [5.41, 5.74) is 3.19. The van der Waals surface area contributed by atoms with Gasteiger partial charge in [0, 0.05) is 41.0 Å². The summed E-state index contributed by atoms with van der Waals surface area (Å²) in [6.07, 6.45) is 6.38. The van der Waals surface area contributed by atoms with Gasteiger partial charge in [-0.3, -0.25) is 14.6 Å². The molecule has 2 aromatic heterocycles. The molecule has 4 aromatic rings. The first-order valence-electron chi connectivity index (χ1n) is 9.63. The van der Waals surface area contributed by atoms with Crippen LogP contribution in [0, 0.1) is 0 Å². The Kier molecular flexibility index (Phi) is 6.07. The molecular weight excluding hydrogens is 412 g/mol. The minimum absolute atomic E-state index is 0.0678. The molecule has 0 aliphatic heterocycles. The van der Waals surface area contributed by atoms with Crippen LogP contribution in [0.15, 0.2) is 77.9 Å². The third kappa shape index (κ3) is 4.48. The van der Waals surface area contributed by atoms with E-state index in [4.69, 9.17) is 16.3 Å². The van der Waals surface area contributed by atoms with Crippen molar-refractivity contribution in [2.24, 2.45) is 0 Å². The van der Waals surface area contributed by atoms with Gasteiger partial charge in [0.05, 0.1) is 12.2 Å². The SMILES string of the molecule is COCc1cncc(/C=C/C(=O)c2c(-c3ccccc3)c3cc(Cl)ccc3[nH]c2=O)c1. The van der Waals surface area contributed by atoms with Gasteiger partial charge < -0.3 is 9.72 Å². The highest BCUT2D eigenvalue weighted by atomic mass is 35.5. The number of hydrogen-bond donors (Lipinski definition) is 1. The number of carbonyl (C=O) groups excluding carboxylic acids is 1. The Morgan fingerprint density at radius 3 is 2.71 bits per heavy atom. The van der Waals surface area contributed by atoms with E-state index in [-0.39, 0.29) is 5.56 Å². The Bertz CT molecular complexity index is 1340. The molecule has 0 aliphatic rings. The number of nitrogens with zero attached hydrogens (tertiary/aromatic N) is 1. The number of aromatic amines is 1. The van der Waals surface area contributed by atoms with Crippen LogP contribution in [0.2, 0.25) is 5.02 Å². The van der Waals surface area contributed by atoms with Crippen LogP contribution in [-0.4, -0.2) is 22.9 Å². The molecule has 2 aromatic carbocycles. The third-order valence-electron chi connectivity index (χ3n) is 4.84. The number of ketones is 1. The topological polar surface area (TPSA) is 72.0 Å². The van der Waals surface area contributed by atoms with Crippen LogP contribution in [0.4, 0.5) is 0 Å². The van der Waals surface area contributed by atoms with Gasteiger partial charge in [-0.2, -0.15) is 0 Å². The maximum atomic E-state index is 13.2. The molecule has 0 bridgehead atoms. The Labute approximate surface area is 184 Å². The van der Waals surface area contributed by atoms with Crippen molar-refractivity contribution in [3.63, 3.8) is 0 Å². The van der Waals surface area contributed by atoms with E-state index in [9.17, 15) is 9.59 Å². The molecule has 0 amide bonds. The Hall–Kier alpha value is -3.54. The largest absolute Gasteiger partial charge is 0.380 e. The number of methoxy groups -OCH3 is 1. The molecule has 6 heteroatoms. The van der Waals surface area contributed by atoms with Crippen LogP contribution in [0.1, 0.15) is 21.5 Å². The normalized spacial score (nSPS) is 11.3. The fourth-order valence-corrected chi connectivity index (χ4v) is 3.68. The molecule has 154 valence electrons. The molecule has 2 heterocycles. The van der Waals surface area contributed by atoms with Gasteiger partial charge in [0.2, 0.25) is 0 Å². The Balaban J connectivity index is 1.85. The maximum absolute atomic E-state index is 13.2. The van der Waals surface area contributed by atoms with Gasteiger partial charge in [-0.15, -0.1) is 0 Å². The Morgan fingerprint density at radius 1 is 1.13 bits per heavy atom. The van der Waals surface area contributed by atoms with E-state index in [1.54, 1.807) is 43.8 Å². The van der Waals surface area contributed by atoms with Crippen LogP contribution >= 0.6 is 11.6 Å². The lowest BCUT2D eigenvalue weighted by molar-refractivity contribution is 0.104. The number of benzene rings is 2. The molecule has 1 N–H and O–H groups in total. The summed E-state index contributed by atoms with van der Waals surface area (Å²) in [5.74, 6) is -0.404. The van der Waals surface area contributed by atoms with Crippen molar-refractivity contribution in [2.75, 3.05) is 7.11 Å². The highest BCUT2D eigenvalue weighted by Gasteiger charge is 2.19. The second kappa shape index (κ2) is 9.08. The lowest BCUT2D eigenvalue weighted by Crippen LogP contribution is -2.18. The minimum atomic E-state index is -0.449. The predicted molar refractivity (Wildman–Crippen MR) is 123 cm³/mol. The molecule has 0 unspecified atom stereocenters. The standard InChI is InChI=1S/C25H19ClN2O3/c1-31-15-17-11-16(13-27-14-17)7-10-22(29)24-23(18-5-3-2-4-6-18)20-12-19(26)8-9-21(20)28-25(24)30/h2-14H,15H2,1H3,(H,28,30)/b10-7+. The van der Waals surface area contributed by atoms with E-state index in [0.717, 1.165) is 16.7 Å². The molecule has 4 rings (SSSR count). The average Bonchev–Trinajstić information content (AvgIpc) is 2.78. The minimum Gasteiger partial charge on any atom is -0.380 e. The number of pyridine rings is 2. The lowest BCUT2D eigenvalue weighted by Gasteiger charge is -2.11. The summed E-state index contributed by atoms with van der Waals surface area (Å²) in [4.78, 5) is 33.1. The first-order valence-corrected chi connectivity index (χ1v) is 10.0. The van der Waals surface area contributed by atoms with Gasteiger partial charge >= 0.3 is 0 Å². The first-order chi connectivity index (χ1) is 15.1. The van der Waals surface area contributed by atoms with Gasteiger partial charge in [0.1, 0.15) is 0 Å². The predicted octanol–water partition coefficient (Wildman–Crippen LogP) is 5.29. The van der Waals surface area contributed by atoms with Crippen LogP contribution in [0.5, 0.6) is 0 Å². The van der Waals surface area contributed by atoms with Crippen LogP contribution in [0.25, 0.3) is 28.1 Å². The van der Waals surface area contributed by atoms with Crippen molar-refractivity contribution in [3.8, 4) is 11.1 Å². The summed E-state index contributed by atoms with van der Waals surface area (Å²) in [7, 11) is 1.61.